The molecule has 3 aromatic rings. The number of thiophene rings is 1. The van der Waals surface area contributed by atoms with E-state index in [0.29, 0.717) is 41.5 Å². The summed E-state index contributed by atoms with van der Waals surface area (Å²) in [5, 5.41) is 7.09. The Hall–Kier alpha value is -2.71. The summed E-state index contributed by atoms with van der Waals surface area (Å²) < 4.78 is 5.31. The predicted molar refractivity (Wildman–Crippen MR) is 106 cm³/mol. The van der Waals surface area contributed by atoms with E-state index in [4.69, 9.17) is 4.74 Å². The van der Waals surface area contributed by atoms with Gasteiger partial charge in [0.05, 0.1) is 30.5 Å². The molecule has 1 aliphatic heterocycles. The molecule has 6 nitrogen and oxygen atoms in total. The molecule has 4 rings (SSSR count). The van der Waals surface area contributed by atoms with E-state index in [1.54, 1.807) is 35.6 Å². The van der Waals surface area contributed by atoms with E-state index >= 15 is 0 Å². The monoisotopic (exact) mass is 399 g/mol. The Bertz CT molecular complexity index is 982. The van der Waals surface area contributed by atoms with Gasteiger partial charge in [-0.1, -0.05) is 23.5 Å². The van der Waals surface area contributed by atoms with Crippen molar-refractivity contribution in [1.82, 2.24) is 9.88 Å². The van der Waals surface area contributed by atoms with Gasteiger partial charge in [0.25, 0.3) is 11.8 Å². The third kappa shape index (κ3) is 3.58. The van der Waals surface area contributed by atoms with E-state index in [0.717, 1.165) is 10.6 Å². The first-order chi connectivity index (χ1) is 13.2. The van der Waals surface area contributed by atoms with Crippen LogP contribution in [0.3, 0.4) is 0 Å². The Morgan fingerprint density at radius 3 is 2.89 bits per heavy atom. The highest BCUT2D eigenvalue weighted by atomic mass is 32.1. The lowest BCUT2D eigenvalue weighted by Gasteiger charge is -2.26. The number of benzene rings is 1. The molecule has 8 heteroatoms. The van der Waals surface area contributed by atoms with Crippen LogP contribution in [0.5, 0.6) is 5.75 Å². The van der Waals surface area contributed by atoms with Crippen molar-refractivity contribution in [1.29, 1.82) is 0 Å². The Kier molecular flexibility index (Phi) is 4.91. The average molecular weight is 399 g/mol. The number of nitrogens with one attached hydrogen (secondary N) is 1. The zero-order valence-corrected chi connectivity index (χ0v) is 16.2. The molecule has 0 bridgehead atoms. The molecule has 1 aliphatic rings. The number of carbonyl (C=O) groups excluding carboxylic acids is 2. The van der Waals surface area contributed by atoms with Gasteiger partial charge in [-0.05, 0) is 23.6 Å². The number of methoxy groups -OCH3 is 1. The molecule has 0 unspecified atom stereocenters. The van der Waals surface area contributed by atoms with Gasteiger partial charge in [-0.25, -0.2) is 4.98 Å². The lowest BCUT2D eigenvalue weighted by atomic mass is 10.1. The molecule has 2 aromatic heterocycles. The number of rotatable bonds is 4. The fraction of sp³-hybridized carbons (Fsp3) is 0.211. The predicted octanol–water partition coefficient (Wildman–Crippen LogP) is 3.66. The summed E-state index contributed by atoms with van der Waals surface area (Å²) in [5.41, 5.74) is 2.13. The zero-order chi connectivity index (χ0) is 18.8. The van der Waals surface area contributed by atoms with Crippen LogP contribution in [0.2, 0.25) is 0 Å². The third-order valence-corrected chi connectivity index (χ3v) is 6.04. The zero-order valence-electron chi connectivity index (χ0n) is 14.6. The number of thiazole rings is 1. The summed E-state index contributed by atoms with van der Waals surface area (Å²) in [4.78, 5) is 32.4. The maximum absolute atomic E-state index is 12.9. The first-order valence-electron chi connectivity index (χ1n) is 8.40. The molecule has 0 saturated carbocycles. The van der Waals surface area contributed by atoms with Crippen LogP contribution in [-0.4, -0.2) is 35.4 Å². The molecule has 1 aromatic carbocycles. The Morgan fingerprint density at radius 2 is 2.11 bits per heavy atom. The van der Waals surface area contributed by atoms with Crippen LogP contribution in [0.15, 0.2) is 41.1 Å². The maximum atomic E-state index is 12.9. The van der Waals surface area contributed by atoms with Gasteiger partial charge < -0.3 is 9.64 Å². The van der Waals surface area contributed by atoms with Crippen LogP contribution in [-0.2, 0) is 13.0 Å². The van der Waals surface area contributed by atoms with Gasteiger partial charge in [-0.15, -0.1) is 0 Å². The number of fused-ring (bicyclic) bond motifs is 1. The molecule has 0 fully saturated rings. The van der Waals surface area contributed by atoms with Crippen molar-refractivity contribution in [3.8, 4) is 5.75 Å². The molecule has 1 N–H and O–H groups in total. The number of amides is 2. The van der Waals surface area contributed by atoms with Gasteiger partial charge in [-0.2, -0.15) is 11.3 Å². The second kappa shape index (κ2) is 7.50. The summed E-state index contributed by atoms with van der Waals surface area (Å²) in [6.07, 6.45) is 0.668. The summed E-state index contributed by atoms with van der Waals surface area (Å²) in [6, 6.07) is 9.01. The van der Waals surface area contributed by atoms with Crippen molar-refractivity contribution < 1.29 is 14.3 Å². The molecule has 2 amide bonds. The van der Waals surface area contributed by atoms with Crippen LogP contribution < -0.4 is 10.1 Å². The fourth-order valence-corrected chi connectivity index (χ4v) is 4.63. The van der Waals surface area contributed by atoms with Crippen molar-refractivity contribution in [3.05, 3.63) is 62.8 Å². The molecule has 27 heavy (non-hydrogen) atoms. The topological polar surface area (TPSA) is 71.5 Å². The van der Waals surface area contributed by atoms with Crippen molar-refractivity contribution in [2.45, 2.75) is 13.0 Å². The van der Waals surface area contributed by atoms with Gasteiger partial charge in [0, 0.05) is 23.2 Å². The number of hydrogen-bond acceptors (Lipinski definition) is 6. The van der Waals surface area contributed by atoms with Gasteiger partial charge in [0.15, 0.2) is 5.13 Å². The van der Waals surface area contributed by atoms with E-state index in [9.17, 15) is 9.59 Å². The van der Waals surface area contributed by atoms with E-state index in [1.807, 2.05) is 17.5 Å². The minimum Gasteiger partial charge on any atom is -0.496 e. The molecule has 0 atom stereocenters. The number of aromatic nitrogens is 1. The molecule has 138 valence electrons. The van der Waals surface area contributed by atoms with Crippen LogP contribution in [0.25, 0.3) is 0 Å². The lowest BCUT2D eigenvalue weighted by molar-refractivity contribution is 0.0732. The van der Waals surface area contributed by atoms with Gasteiger partial charge >= 0.3 is 0 Å². The average Bonchev–Trinajstić information content (AvgIpc) is 3.36. The smallest absolute Gasteiger partial charge is 0.258 e. The minimum absolute atomic E-state index is 0.0599. The van der Waals surface area contributed by atoms with E-state index in [1.165, 1.54) is 22.7 Å². The first-order valence-corrected chi connectivity index (χ1v) is 10.2. The highest BCUT2D eigenvalue weighted by Gasteiger charge is 2.26. The normalized spacial score (nSPS) is 13.1. The highest BCUT2D eigenvalue weighted by Crippen LogP contribution is 2.30. The van der Waals surface area contributed by atoms with Gasteiger partial charge in [0.1, 0.15) is 5.75 Å². The summed E-state index contributed by atoms with van der Waals surface area (Å²) in [5.74, 6) is 0.348. The second-order valence-corrected chi connectivity index (χ2v) is 7.90. The highest BCUT2D eigenvalue weighted by molar-refractivity contribution is 7.16. The number of anilines is 1. The maximum Gasteiger partial charge on any atom is 0.258 e. The molecular formula is C19H17N3O3S2. The largest absolute Gasteiger partial charge is 0.496 e. The molecule has 0 aliphatic carbocycles. The fourth-order valence-electron chi connectivity index (χ4n) is 2.98. The summed E-state index contributed by atoms with van der Waals surface area (Å²) in [7, 11) is 1.56. The Morgan fingerprint density at radius 1 is 1.26 bits per heavy atom. The number of carbonyl (C=O) groups is 2. The molecule has 3 heterocycles. The molecule has 0 saturated heterocycles. The Labute approximate surface area is 164 Å². The van der Waals surface area contributed by atoms with Gasteiger partial charge in [0.2, 0.25) is 0 Å². The van der Waals surface area contributed by atoms with Gasteiger partial charge in [-0.3, -0.25) is 14.9 Å². The number of nitrogens with zero attached hydrogens (tertiary/aromatic N) is 2. The van der Waals surface area contributed by atoms with Crippen molar-refractivity contribution >= 4 is 39.6 Å². The Balaban J connectivity index is 1.49. The van der Waals surface area contributed by atoms with Crippen LogP contribution >= 0.6 is 22.7 Å². The molecular weight excluding hydrogens is 382 g/mol. The standard InChI is InChI=1S/C19H17N3O3S2/c1-25-15-5-3-2-4-13(15)18(24)22-8-6-14-16(10-22)27-19(20-14)21-17(23)12-7-9-26-11-12/h2-5,7,9,11H,6,8,10H2,1H3,(H,20,21,23). The van der Waals surface area contributed by atoms with E-state index < -0.39 is 0 Å². The number of hydrogen-bond donors (Lipinski definition) is 1. The van der Waals surface area contributed by atoms with E-state index in [2.05, 4.69) is 10.3 Å². The third-order valence-electron chi connectivity index (χ3n) is 4.36. The first kappa shape index (κ1) is 17.7. The number of ether oxygens (including phenoxy) is 1. The van der Waals surface area contributed by atoms with Crippen LogP contribution in [0.4, 0.5) is 5.13 Å². The van der Waals surface area contributed by atoms with Crippen molar-refractivity contribution in [2.75, 3.05) is 19.0 Å². The molecule has 0 spiro atoms. The van der Waals surface area contributed by atoms with E-state index in [-0.39, 0.29) is 11.8 Å². The minimum atomic E-state index is -0.163. The SMILES string of the molecule is COc1ccccc1C(=O)N1CCc2nc(NC(=O)c3ccsc3)sc2C1. The van der Waals surface area contributed by atoms with Crippen molar-refractivity contribution in [3.63, 3.8) is 0 Å². The summed E-state index contributed by atoms with van der Waals surface area (Å²) >= 11 is 2.90. The number of para-hydroxylation sites is 1. The van der Waals surface area contributed by atoms with Crippen LogP contribution in [0.1, 0.15) is 31.3 Å². The van der Waals surface area contributed by atoms with Crippen LogP contribution in [0, 0.1) is 0 Å². The summed E-state index contributed by atoms with van der Waals surface area (Å²) in [6.45, 7) is 1.07. The molecule has 0 radical (unpaired) electrons. The quantitative estimate of drug-likeness (QED) is 0.727. The second-order valence-electron chi connectivity index (χ2n) is 6.03. The van der Waals surface area contributed by atoms with Crippen molar-refractivity contribution in [2.24, 2.45) is 0 Å². The lowest BCUT2D eigenvalue weighted by Crippen LogP contribution is -2.35.